The summed E-state index contributed by atoms with van der Waals surface area (Å²) in [6, 6.07) is 7.66. The Labute approximate surface area is 185 Å². The van der Waals surface area contributed by atoms with Crippen LogP contribution in [0.1, 0.15) is 26.9 Å². The van der Waals surface area contributed by atoms with Gasteiger partial charge in [-0.2, -0.15) is 8.78 Å². The van der Waals surface area contributed by atoms with Crippen molar-refractivity contribution in [3.05, 3.63) is 74.2 Å². The van der Waals surface area contributed by atoms with Crippen LogP contribution < -0.4 is 9.47 Å². The number of ether oxygens (including phenoxy) is 3. The van der Waals surface area contributed by atoms with Gasteiger partial charge < -0.3 is 14.2 Å². The largest absolute Gasteiger partial charge is 0.493 e. The lowest BCUT2D eigenvalue weighted by atomic mass is 10.0. The molecule has 158 valence electrons. The molecule has 30 heavy (non-hydrogen) atoms. The van der Waals surface area contributed by atoms with E-state index in [1.54, 1.807) is 17.5 Å². The van der Waals surface area contributed by atoms with Crippen molar-refractivity contribution in [3.8, 4) is 11.5 Å². The monoisotopic (exact) mass is 473 g/mol. The van der Waals surface area contributed by atoms with E-state index in [9.17, 15) is 13.6 Å². The first-order chi connectivity index (χ1) is 14.4. The standard InChI is InChI=1S/C20H15Cl2F2NO4S/c1-27-17-7-11(4-5-15(17)29-20(23)24)16(28-19(26)18-3-2-6-30-18)8-12-13(21)9-25-10-14(12)22/h2-7,9-10,16,20H,8H2,1H3. The molecule has 0 fully saturated rings. The Morgan fingerprint density at radius 3 is 2.50 bits per heavy atom. The number of benzene rings is 1. The molecule has 0 aliphatic heterocycles. The van der Waals surface area contributed by atoms with Crippen LogP contribution in [0.4, 0.5) is 8.78 Å². The third kappa shape index (κ3) is 5.38. The number of thiophene rings is 1. The quantitative estimate of drug-likeness (QED) is 0.364. The van der Waals surface area contributed by atoms with E-state index >= 15 is 0 Å². The molecule has 1 aromatic carbocycles. The van der Waals surface area contributed by atoms with Gasteiger partial charge >= 0.3 is 12.6 Å². The van der Waals surface area contributed by atoms with Gasteiger partial charge in [-0.15, -0.1) is 11.3 Å². The molecule has 3 aromatic rings. The average molecular weight is 474 g/mol. The number of hydrogen-bond donors (Lipinski definition) is 0. The Balaban J connectivity index is 1.97. The van der Waals surface area contributed by atoms with Gasteiger partial charge in [-0.3, -0.25) is 4.98 Å². The minimum absolute atomic E-state index is 0.0666. The third-order valence-corrected chi connectivity index (χ3v) is 5.59. The van der Waals surface area contributed by atoms with Crippen molar-refractivity contribution in [3.63, 3.8) is 0 Å². The number of carbonyl (C=O) groups is 1. The maximum Gasteiger partial charge on any atom is 0.387 e. The summed E-state index contributed by atoms with van der Waals surface area (Å²) in [5.74, 6) is -0.611. The number of rotatable bonds is 8. The molecule has 0 amide bonds. The first kappa shape index (κ1) is 22.3. The van der Waals surface area contributed by atoms with Crippen LogP contribution in [0.5, 0.6) is 11.5 Å². The second-order valence-electron chi connectivity index (χ2n) is 5.95. The fourth-order valence-corrected chi connectivity index (χ4v) is 3.83. The van der Waals surface area contributed by atoms with E-state index in [1.165, 1.54) is 49.0 Å². The highest BCUT2D eigenvalue weighted by atomic mass is 35.5. The number of pyridine rings is 1. The number of hydrogen-bond acceptors (Lipinski definition) is 6. The number of nitrogens with zero attached hydrogens (tertiary/aromatic N) is 1. The zero-order valence-corrected chi connectivity index (χ0v) is 17.8. The molecule has 2 aromatic heterocycles. The highest BCUT2D eigenvalue weighted by molar-refractivity contribution is 7.11. The zero-order chi connectivity index (χ0) is 21.7. The predicted molar refractivity (Wildman–Crippen MR) is 110 cm³/mol. The molecule has 0 bridgehead atoms. The summed E-state index contributed by atoms with van der Waals surface area (Å²) < 4.78 is 40.6. The average Bonchev–Trinajstić information content (AvgIpc) is 3.25. The Kier molecular flexibility index (Phi) is 7.47. The van der Waals surface area contributed by atoms with Gasteiger partial charge in [0.25, 0.3) is 0 Å². The summed E-state index contributed by atoms with van der Waals surface area (Å²) >= 11 is 13.7. The first-order valence-electron chi connectivity index (χ1n) is 8.54. The molecule has 0 aliphatic rings. The topological polar surface area (TPSA) is 57.7 Å². The van der Waals surface area contributed by atoms with Gasteiger partial charge in [0.05, 0.1) is 17.2 Å². The molecule has 0 N–H and O–H groups in total. The van der Waals surface area contributed by atoms with E-state index in [0.29, 0.717) is 26.0 Å². The summed E-state index contributed by atoms with van der Waals surface area (Å²) in [6.07, 6.45) is 2.17. The lowest BCUT2D eigenvalue weighted by molar-refractivity contribution is -0.0512. The smallest absolute Gasteiger partial charge is 0.387 e. The lowest BCUT2D eigenvalue weighted by Gasteiger charge is -2.21. The van der Waals surface area contributed by atoms with Crippen molar-refractivity contribution in [2.75, 3.05) is 7.11 Å². The molecule has 0 saturated heterocycles. The molecule has 0 radical (unpaired) electrons. The number of aromatic nitrogens is 1. The van der Waals surface area contributed by atoms with Gasteiger partial charge in [-0.05, 0) is 34.7 Å². The van der Waals surface area contributed by atoms with Crippen LogP contribution in [-0.4, -0.2) is 24.7 Å². The van der Waals surface area contributed by atoms with Crippen LogP contribution in [0, 0.1) is 0 Å². The fourth-order valence-electron chi connectivity index (χ4n) is 2.71. The Bertz CT molecular complexity index is 998. The van der Waals surface area contributed by atoms with Crippen molar-refractivity contribution in [1.82, 2.24) is 4.98 Å². The zero-order valence-electron chi connectivity index (χ0n) is 15.5. The van der Waals surface area contributed by atoms with E-state index in [2.05, 4.69) is 9.72 Å². The number of methoxy groups -OCH3 is 1. The van der Waals surface area contributed by atoms with Crippen LogP contribution in [0.3, 0.4) is 0 Å². The van der Waals surface area contributed by atoms with Crippen LogP contribution in [0.25, 0.3) is 0 Å². The van der Waals surface area contributed by atoms with Gasteiger partial charge in [0.2, 0.25) is 0 Å². The van der Waals surface area contributed by atoms with E-state index in [-0.39, 0.29) is 17.9 Å². The third-order valence-electron chi connectivity index (χ3n) is 4.09. The van der Waals surface area contributed by atoms with Crippen molar-refractivity contribution in [1.29, 1.82) is 0 Å². The summed E-state index contributed by atoms with van der Waals surface area (Å²) in [6.45, 7) is -3.01. The molecule has 3 rings (SSSR count). The van der Waals surface area contributed by atoms with E-state index < -0.39 is 18.7 Å². The Hall–Kier alpha value is -2.42. The van der Waals surface area contributed by atoms with Crippen LogP contribution in [0.2, 0.25) is 10.0 Å². The second-order valence-corrected chi connectivity index (χ2v) is 7.71. The lowest BCUT2D eigenvalue weighted by Crippen LogP contribution is -2.14. The normalized spacial score (nSPS) is 11.9. The Morgan fingerprint density at radius 1 is 1.17 bits per heavy atom. The van der Waals surface area contributed by atoms with E-state index in [0.717, 1.165) is 0 Å². The molecule has 0 spiro atoms. The van der Waals surface area contributed by atoms with Crippen LogP contribution in [0.15, 0.2) is 48.1 Å². The van der Waals surface area contributed by atoms with Crippen molar-refractivity contribution >= 4 is 40.5 Å². The second kappa shape index (κ2) is 10.1. The van der Waals surface area contributed by atoms with Crippen molar-refractivity contribution in [2.24, 2.45) is 0 Å². The van der Waals surface area contributed by atoms with E-state index in [1.807, 2.05) is 0 Å². The predicted octanol–water partition coefficient (Wildman–Crippen LogP) is 6.20. The number of esters is 1. The molecular weight excluding hydrogens is 459 g/mol. The maximum absolute atomic E-state index is 12.6. The van der Waals surface area contributed by atoms with Gasteiger partial charge in [0.15, 0.2) is 11.5 Å². The van der Waals surface area contributed by atoms with Gasteiger partial charge in [-0.25, -0.2) is 4.79 Å². The van der Waals surface area contributed by atoms with Crippen LogP contribution >= 0.6 is 34.5 Å². The molecule has 1 unspecified atom stereocenters. The molecule has 0 aliphatic carbocycles. The first-order valence-corrected chi connectivity index (χ1v) is 10.2. The number of halogens is 4. The van der Waals surface area contributed by atoms with Crippen molar-refractivity contribution in [2.45, 2.75) is 19.1 Å². The number of carbonyl (C=O) groups excluding carboxylic acids is 1. The highest BCUT2D eigenvalue weighted by Crippen LogP contribution is 2.36. The van der Waals surface area contributed by atoms with Crippen molar-refractivity contribution < 1.29 is 27.8 Å². The summed E-state index contributed by atoms with van der Waals surface area (Å²) in [5.41, 5.74) is 1.02. The molecule has 5 nitrogen and oxygen atoms in total. The molecule has 2 heterocycles. The molecule has 1 atom stereocenters. The van der Waals surface area contributed by atoms with Gasteiger partial charge in [-0.1, -0.05) is 35.3 Å². The van der Waals surface area contributed by atoms with Gasteiger partial charge in [0, 0.05) is 18.8 Å². The van der Waals surface area contributed by atoms with Crippen LogP contribution in [-0.2, 0) is 11.2 Å². The number of alkyl halides is 2. The highest BCUT2D eigenvalue weighted by Gasteiger charge is 2.24. The van der Waals surface area contributed by atoms with Gasteiger partial charge in [0.1, 0.15) is 11.0 Å². The molecular formula is C20H15Cl2F2NO4S. The Morgan fingerprint density at radius 2 is 1.90 bits per heavy atom. The molecule has 10 heteroatoms. The summed E-state index contributed by atoms with van der Waals surface area (Å²) in [4.78, 5) is 16.9. The SMILES string of the molecule is COc1cc(C(Cc2c(Cl)cncc2Cl)OC(=O)c2cccs2)ccc1OC(F)F. The molecule has 0 saturated carbocycles. The van der Waals surface area contributed by atoms with E-state index in [4.69, 9.17) is 32.7 Å². The summed E-state index contributed by atoms with van der Waals surface area (Å²) in [5, 5.41) is 2.37. The minimum Gasteiger partial charge on any atom is -0.493 e. The minimum atomic E-state index is -3.01. The summed E-state index contributed by atoms with van der Waals surface area (Å²) in [7, 11) is 1.32. The maximum atomic E-state index is 12.6. The fraction of sp³-hybridized carbons (Fsp3) is 0.200.